The number of nitrogens with zero attached hydrogens (tertiary/aromatic N) is 2. The van der Waals surface area contributed by atoms with E-state index in [-0.39, 0.29) is 5.43 Å². The van der Waals surface area contributed by atoms with Crippen molar-refractivity contribution >= 4 is 56.6 Å². The summed E-state index contributed by atoms with van der Waals surface area (Å²) < 4.78 is 2.19. The first-order valence-electron chi connectivity index (χ1n) is 9.76. The second-order valence-electron chi connectivity index (χ2n) is 7.34. The highest BCUT2D eigenvalue weighted by atomic mass is 35.5. The third kappa shape index (κ3) is 3.80. The van der Waals surface area contributed by atoms with E-state index in [2.05, 4.69) is 16.7 Å². The number of thioether (sulfide) groups is 1. The lowest BCUT2D eigenvalue weighted by atomic mass is 10.2. The zero-order chi connectivity index (χ0) is 20.7. The number of hydrogen-bond acceptors (Lipinski definition) is 4. The molecule has 0 amide bonds. The zero-order valence-electron chi connectivity index (χ0n) is 16.0. The molecule has 0 fully saturated rings. The molecule has 152 valence electrons. The smallest absolute Gasteiger partial charge is 0.211 e. The highest BCUT2D eigenvalue weighted by Gasteiger charge is 2.23. The van der Waals surface area contributed by atoms with E-state index in [0.29, 0.717) is 27.9 Å². The van der Waals surface area contributed by atoms with Crippen LogP contribution in [0.15, 0.2) is 58.5 Å². The monoisotopic (exact) mass is 472 g/mol. The molecular formula is C23H18Cl2N2OS2. The Labute approximate surface area is 192 Å². The Morgan fingerprint density at radius 2 is 1.87 bits per heavy atom. The Kier molecular flexibility index (Phi) is 5.63. The van der Waals surface area contributed by atoms with Gasteiger partial charge >= 0.3 is 0 Å². The largest absolute Gasteiger partial charge is 0.306 e. The summed E-state index contributed by atoms with van der Waals surface area (Å²) in [7, 11) is 0. The number of halogens is 2. The molecule has 2 heterocycles. The van der Waals surface area contributed by atoms with Gasteiger partial charge in [0.1, 0.15) is 10.3 Å². The number of rotatable bonds is 5. The van der Waals surface area contributed by atoms with E-state index in [4.69, 9.17) is 28.2 Å². The van der Waals surface area contributed by atoms with Gasteiger partial charge in [-0.15, -0.1) is 11.3 Å². The number of aryl methyl sites for hydroxylation is 1. The lowest BCUT2D eigenvalue weighted by Gasteiger charge is -2.10. The Balaban J connectivity index is 1.57. The molecule has 2 aromatic carbocycles. The van der Waals surface area contributed by atoms with Crippen molar-refractivity contribution in [1.82, 2.24) is 9.55 Å². The Morgan fingerprint density at radius 1 is 1.03 bits per heavy atom. The maximum absolute atomic E-state index is 13.1. The second kappa shape index (κ2) is 8.39. The molecule has 0 spiro atoms. The SMILES string of the molecule is O=c1c2c(sc3c1nc(SCc1ccc(Cl)c(Cl)c1)n3Cc1ccccc1)CCC2. The van der Waals surface area contributed by atoms with Gasteiger partial charge in [-0.3, -0.25) is 4.79 Å². The number of imidazole rings is 1. The molecule has 0 unspecified atom stereocenters. The minimum Gasteiger partial charge on any atom is -0.306 e. The topological polar surface area (TPSA) is 34.9 Å². The van der Waals surface area contributed by atoms with Crippen molar-refractivity contribution in [2.45, 2.75) is 36.7 Å². The lowest BCUT2D eigenvalue weighted by Crippen LogP contribution is -2.08. The molecule has 4 aromatic rings. The fraction of sp³-hybridized carbons (Fsp3) is 0.217. The van der Waals surface area contributed by atoms with Gasteiger partial charge in [-0.05, 0) is 42.5 Å². The van der Waals surface area contributed by atoms with Gasteiger partial charge in [0.2, 0.25) is 5.43 Å². The van der Waals surface area contributed by atoms with Crippen LogP contribution in [-0.2, 0) is 25.1 Å². The standard InChI is InChI=1S/C23H18Cl2N2OS2/c24-17-10-9-15(11-18(17)25)13-29-23-26-20-21(28)16-7-4-8-19(16)30-22(20)27(23)12-14-5-2-1-3-6-14/h1-3,5-6,9-11H,4,7-8,12-13H2. The molecule has 0 atom stereocenters. The summed E-state index contributed by atoms with van der Waals surface area (Å²) in [5.74, 6) is 0.702. The molecule has 0 N–H and O–H groups in total. The molecule has 0 radical (unpaired) electrons. The summed E-state index contributed by atoms with van der Waals surface area (Å²) in [6.45, 7) is 0.690. The van der Waals surface area contributed by atoms with Crippen molar-refractivity contribution in [3.8, 4) is 0 Å². The van der Waals surface area contributed by atoms with E-state index >= 15 is 0 Å². The van der Waals surface area contributed by atoms with Crippen LogP contribution in [0.1, 0.15) is 28.0 Å². The average Bonchev–Trinajstić information content (AvgIpc) is 3.36. The fourth-order valence-electron chi connectivity index (χ4n) is 3.79. The molecule has 1 aliphatic rings. The van der Waals surface area contributed by atoms with Gasteiger partial charge < -0.3 is 4.57 Å². The van der Waals surface area contributed by atoms with E-state index in [0.717, 1.165) is 40.4 Å². The third-order valence-corrected chi connectivity index (χ3v) is 8.39. The molecule has 30 heavy (non-hydrogen) atoms. The van der Waals surface area contributed by atoms with Gasteiger partial charge in [-0.1, -0.05) is 71.4 Å². The highest BCUT2D eigenvalue weighted by Crippen LogP contribution is 2.34. The fourth-order valence-corrected chi connectivity index (χ4v) is 6.41. The van der Waals surface area contributed by atoms with Gasteiger partial charge in [0, 0.05) is 16.2 Å². The average molecular weight is 473 g/mol. The minimum absolute atomic E-state index is 0.111. The summed E-state index contributed by atoms with van der Waals surface area (Å²) in [5, 5.41) is 1.96. The number of aromatic nitrogens is 2. The van der Waals surface area contributed by atoms with Crippen molar-refractivity contribution in [3.05, 3.63) is 90.4 Å². The van der Waals surface area contributed by atoms with E-state index in [1.807, 2.05) is 36.4 Å². The van der Waals surface area contributed by atoms with Gasteiger partial charge in [-0.25, -0.2) is 4.98 Å². The first kappa shape index (κ1) is 20.1. The predicted molar refractivity (Wildman–Crippen MR) is 127 cm³/mol. The molecule has 0 saturated heterocycles. The van der Waals surface area contributed by atoms with Crippen LogP contribution in [0.3, 0.4) is 0 Å². The second-order valence-corrected chi connectivity index (χ2v) is 10.2. The van der Waals surface area contributed by atoms with Crippen LogP contribution in [0.5, 0.6) is 0 Å². The molecule has 5 rings (SSSR count). The van der Waals surface area contributed by atoms with Crippen molar-refractivity contribution in [3.63, 3.8) is 0 Å². The van der Waals surface area contributed by atoms with Crippen molar-refractivity contribution in [1.29, 1.82) is 0 Å². The maximum Gasteiger partial charge on any atom is 0.211 e. The first-order chi connectivity index (χ1) is 14.6. The van der Waals surface area contributed by atoms with Crippen LogP contribution in [-0.4, -0.2) is 9.55 Å². The van der Waals surface area contributed by atoms with Crippen LogP contribution < -0.4 is 5.43 Å². The quantitative estimate of drug-likeness (QED) is 0.307. The Morgan fingerprint density at radius 3 is 2.67 bits per heavy atom. The Bertz CT molecular complexity index is 1300. The molecule has 1 aliphatic carbocycles. The van der Waals surface area contributed by atoms with Crippen LogP contribution >= 0.6 is 46.3 Å². The summed E-state index contributed by atoms with van der Waals surface area (Å²) in [6.07, 6.45) is 2.93. The van der Waals surface area contributed by atoms with Crippen molar-refractivity contribution in [2.24, 2.45) is 0 Å². The number of fused-ring (bicyclic) bond motifs is 2. The summed E-state index contributed by atoms with van der Waals surface area (Å²) >= 11 is 15.6. The molecule has 0 aliphatic heterocycles. The molecular weight excluding hydrogens is 455 g/mol. The molecule has 0 bridgehead atoms. The van der Waals surface area contributed by atoms with Crippen LogP contribution in [0.25, 0.3) is 10.3 Å². The third-order valence-electron chi connectivity index (χ3n) is 5.30. The normalized spacial score (nSPS) is 13.1. The lowest BCUT2D eigenvalue weighted by molar-refractivity contribution is 0.734. The van der Waals surface area contributed by atoms with E-state index < -0.39 is 0 Å². The maximum atomic E-state index is 13.1. The zero-order valence-corrected chi connectivity index (χ0v) is 19.2. The van der Waals surface area contributed by atoms with E-state index in [9.17, 15) is 4.79 Å². The van der Waals surface area contributed by atoms with Crippen LogP contribution in [0.4, 0.5) is 0 Å². The van der Waals surface area contributed by atoms with Crippen molar-refractivity contribution in [2.75, 3.05) is 0 Å². The molecule has 7 heteroatoms. The van der Waals surface area contributed by atoms with E-state index in [1.165, 1.54) is 10.4 Å². The van der Waals surface area contributed by atoms with Crippen LogP contribution in [0, 0.1) is 0 Å². The van der Waals surface area contributed by atoms with E-state index in [1.54, 1.807) is 23.1 Å². The van der Waals surface area contributed by atoms with Crippen LogP contribution in [0.2, 0.25) is 10.0 Å². The van der Waals surface area contributed by atoms with Gasteiger partial charge in [0.25, 0.3) is 0 Å². The number of hydrogen-bond donors (Lipinski definition) is 0. The van der Waals surface area contributed by atoms with Gasteiger partial charge in [-0.2, -0.15) is 0 Å². The first-order valence-corrected chi connectivity index (χ1v) is 12.3. The Hall–Kier alpha value is -1.79. The highest BCUT2D eigenvalue weighted by molar-refractivity contribution is 7.98. The summed E-state index contributed by atoms with van der Waals surface area (Å²) in [4.78, 5) is 20.1. The molecule has 3 nitrogen and oxygen atoms in total. The number of benzene rings is 2. The summed E-state index contributed by atoms with van der Waals surface area (Å²) in [6, 6.07) is 16.0. The van der Waals surface area contributed by atoms with Gasteiger partial charge in [0.05, 0.1) is 16.6 Å². The molecule has 0 saturated carbocycles. The van der Waals surface area contributed by atoms with Crippen molar-refractivity contribution < 1.29 is 0 Å². The summed E-state index contributed by atoms with van der Waals surface area (Å²) in [5.41, 5.74) is 3.94. The van der Waals surface area contributed by atoms with Gasteiger partial charge in [0.15, 0.2) is 5.16 Å². The minimum atomic E-state index is 0.111. The predicted octanol–water partition coefficient (Wildman–Crippen LogP) is 6.59. The molecule has 2 aromatic heterocycles.